The van der Waals surface area contributed by atoms with Crippen molar-refractivity contribution in [3.8, 4) is 0 Å². The van der Waals surface area contributed by atoms with Crippen LogP contribution in [0.1, 0.15) is 181 Å². The van der Waals surface area contributed by atoms with Crippen LogP contribution in [0.3, 0.4) is 0 Å². The molecule has 0 aliphatic carbocycles. The molecule has 0 saturated carbocycles. The molecule has 0 saturated heterocycles. The number of quaternary nitrogens is 1. The Morgan fingerprint density at radius 1 is 0.370 bits per heavy atom. The van der Waals surface area contributed by atoms with Crippen molar-refractivity contribution in [1.29, 1.82) is 0 Å². The molecule has 0 bridgehead atoms. The van der Waals surface area contributed by atoms with Gasteiger partial charge in [-0.05, 0) is 141 Å². The second-order valence-electron chi connectivity index (χ2n) is 20.5. The highest BCUT2D eigenvalue weighted by atomic mass is 16.7. The number of carbonyl (C=O) groups excluding carboxylic acids is 2. The maximum atomic E-state index is 12.9. The van der Waals surface area contributed by atoms with Gasteiger partial charge in [-0.25, -0.2) is 4.79 Å². The van der Waals surface area contributed by atoms with Crippen molar-refractivity contribution in [2.45, 2.75) is 193 Å². The van der Waals surface area contributed by atoms with E-state index in [1.165, 1.54) is 0 Å². The van der Waals surface area contributed by atoms with Gasteiger partial charge in [0.25, 0.3) is 6.29 Å². The molecule has 0 aliphatic rings. The summed E-state index contributed by atoms with van der Waals surface area (Å²) in [6, 6.07) is 0. The van der Waals surface area contributed by atoms with Gasteiger partial charge in [-0.3, -0.25) is 9.59 Å². The number of unbranched alkanes of at least 4 members (excludes halogenated alkanes) is 6. The van der Waals surface area contributed by atoms with Crippen molar-refractivity contribution in [3.63, 3.8) is 0 Å². The van der Waals surface area contributed by atoms with Gasteiger partial charge in [0.15, 0.2) is 6.10 Å². The maximum absolute atomic E-state index is 12.9. The highest BCUT2D eigenvalue weighted by Crippen LogP contribution is 2.11. The van der Waals surface area contributed by atoms with Crippen molar-refractivity contribution in [3.05, 3.63) is 194 Å². The highest BCUT2D eigenvalue weighted by Gasteiger charge is 2.25. The summed E-state index contributed by atoms with van der Waals surface area (Å²) >= 11 is 0. The zero-order chi connectivity index (χ0) is 59.1. The number of carboxylic acids is 1. The van der Waals surface area contributed by atoms with Gasteiger partial charge in [0, 0.05) is 12.8 Å². The number of carbonyl (C=O) groups is 3. The Morgan fingerprint density at radius 3 is 0.963 bits per heavy atom. The molecule has 2 atom stereocenters. The van der Waals surface area contributed by atoms with Gasteiger partial charge in [0.1, 0.15) is 13.2 Å². The molecule has 9 nitrogen and oxygen atoms in total. The zero-order valence-corrected chi connectivity index (χ0v) is 51.1. The second-order valence-corrected chi connectivity index (χ2v) is 20.5. The lowest BCUT2D eigenvalue weighted by Crippen LogP contribution is -2.40. The average Bonchev–Trinajstić information content (AvgIpc) is 3.44. The van der Waals surface area contributed by atoms with Crippen LogP contribution >= 0.6 is 0 Å². The summed E-state index contributed by atoms with van der Waals surface area (Å²) in [5, 5.41) is 9.71. The molecule has 0 heterocycles. The first-order valence-corrected chi connectivity index (χ1v) is 30.6. The Balaban J connectivity index is 4.38. The molecule has 0 spiro atoms. The molecular weight excluding hydrogens is 1010 g/mol. The number of aliphatic carboxylic acids is 1. The van der Waals surface area contributed by atoms with Gasteiger partial charge < -0.3 is 28.5 Å². The molecule has 0 rings (SSSR count). The Morgan fingerprint density at radius 2 is 0.667 bits per heavy atom. The van der Waals surface area contributed by atoms with E-state index >= 15 is 0 Å². The molecule has 0 fully saturated rings. The number of ether oxygens (including phenoxy) is 4. The van der Waals surface area contributed by atoms with Crippen LogP contribution < -0.4 is 0 Å². The maximum Gasteiger partial charge on any atom is 0.361 e. The van der Waals surface area contributed by atoms with Gasteiger partial charge >= 0.3 is 17.9 Å². The van der Waals surface area contributed by atoms with Crippen LogP contribution in [0.15, 0.2) is 194 Å². The molecule has 0 amide bonds. The van der Waals surface area contributed by atoms with E-state index in [4.69, 9.17) is 18.9 Å². The fraction of sp³-hybridized carbons (Fsp3) is 0.514. The van der Waals surface area contributed by atoms with Crippen LogP contribution in [0.2, 0.25) is 0 Å². The minimum absolute atomic E-state index is 0.163. The third-order valence-electron chi connectivity index (χ3n) is 11.8. The molecule has 450 valence electrons. The zero-order valence-electron chi connectivity index (χ0n) is 51.1. The number of hydrogen-bond donors (Lipinski definition) is 1. The molecular formula is C72H110NO8+. The van der Waals surface area contributed by atoms with Crippen LogP contribution in [0.25, 0.3) is 0 Å². The van der Waals surface area contributed by atoms with Crippen molar-refractivity contribution in [2.24, 2.45) is 0 Å². The van der Waals surface area contributed by atoms with E-state index in [0.29, 0.717) is 23.9 Å². The first-order valence-electron chi connectivity index (χ1n) is 30.6. The molecule has 81 heavy (non-hydrogen) atoms. The first kappa shape index (κ1) is 75.1. The lowest BCUT2D eigenvalue weighted by Gasteiger charge is -2.25. The number of esters is 2. The summed E-state index contributed by atoms with van der Waals surface area (Å²) in [5.41, 5.74) is 0. The Kier molecular flexibility index (Phi) is 55.9. The van der Waals surface area contributed by atoms with Crippen LogP contribution in [-0.4, -0.2) is 87.4 Å². The van der Waals surface area contributed by atoms with E-state index < -0.39 is 30.3 Å². The van der Waals surface area contributed by atoms with Crippen LogP contribution in [0, 0.1) is 0 Å². The minimum Gasteiger partial charge on any atom is -0.477 e. The van der Waals surface area contributed by atoms with Gasteiger partial charge in [-0.15, -0.1) is 0 Å². The van der Waals surface area contributed by atoms with Crippen LogP contribution in [-0.2, 0) is 33.3 Å². The molecule has 9 heteroatoms. The van der Waals surface area contributed by atoms with Crippen molar-refractivity contribution in [1.82, 2.24) is 0 Å². The van der Waals surface area contributed by atoms with Crippen LogP contribution in [0.5, 0.6) is 0 Å². The lowest BCUT2D eigenvalue weighted by atomic mass is 10.1. The molecule has 2 unspecified atom stereocenters. The molecule has 1 N–H and O–H groups in total. The summed E-state index contributed by atoms with van der Waals surface area (Å²) in [6.07, 6.45) is 90.9. The predicted molar refractivity (Wildman–Crippen MR) is 345 cm³/mol. The number of carboxylic acid groups (broad SMARTS) is 1. The summed E-state index contributed by atoms with van der Waals surface area (Å²) in [7, 11) is 5.93. The molecule has 0 aromatic rings. The second kappa shape index (κ2) is 60.2. The molecule has 0 aromatic heterocycles. The number of nitrogens with zero attached hydrogens (tertiary/aromatic N) is 1. The molecule has 0 aromatic carbocycles. The SMILES string of the molecule is CC/C=C\C/C=C\C/C=C\C/C=C\C/C=C\C/C=C\C/C=C\C/C=C\C/C=C\C/C=C\C/C=C\CCCCCC(=O)OC(COC(=O)CCCCC/C=C\C/C=C\C/C=C\C/C=C\C/C=C\CC)COC(OCC[N+](C)(C)C)C(=O)O. The third-order valence-corrected chi connectivity index (χ3v) is 11.8. The standard InChI is InChI=1S/C72H109NO8/c1-6-8-10-12-14-16-18-20-22-24-26-27-28-29-30-31-32-33-34-35-36-37-38-39-40-41-42-43-45-47-49-51-53-55-57-59-61-63-70(75)81-68(67-80-72(71(76)77)78-65-64-73(3,4)5)66-79-69(74)62-60-58-56-54-52-50-48-46-44-25-23-21-19-17-15-13-11-9-7-2/h8-11,14-17,20-23,26-27,29-30,32-33,35-36,38-39,41-42,44-47,50-53,68,72H,6-7,12-13,18-19,24-25,28,31,34,37,40,43,48-49,54-67H2,1-5H3/p+1/b10-8-,11-9-,16-14-,17-15-,22-20-,23-21-,27-26-,30-29-,33-32-,36-35-,39-38-,42-41-,46-44-,47-45-,52-50-,53-51-. The van der Waals surface area contributed by atoms with E-state index in [0.717, 1.165) is 141 Å². The molecule has 0 radical (unpaired) electrons. The largest absolute Gasteiger partial charge is 0.477 e. The normalized spacial score (nSPS) is 14.1. The smallest absolute Gasteiger partial charge is 0.361 e. The van der Waals surface area contributed by atoms with Crippen molar-refractivity contribution >= 4 is 17.9 Å². The Bertz CT molecular complexity index is 2020. The summed E-state index contributed by atoms with van der Waals surface area (Å²) in [5.74, 6) is -2.13. The van der Waals surface area contributed by atoms with Gasteiger partial charge in [-0.1, -0.05) is 221 Å². The Hall–Kier alpha value is -5.87. The van der Waals surface area contributed by atoms with Crippen LogP contribution in [0.4, 0.5) is 0 Å². The van der Waals surface area contributed by atoms with E-state index in [-0.39, 0.29) is 32.7 Å². The average molecular weight is 1120 g/mol. The third kappa shape index (κ3) is 61.6. The van der Waals surface area contributed by atoms with E-state index in [1.807, 2.05) is 21.1 Å². The predicted octanol–water partition coefficient (Wildman–Crippen LogP) is 18.7. The van der Waals surface area contributed by atoms with Crippen molar-refractivity contribution < 1.29 is 42.9 Å². The fourth-order valence-electron chi connectivity index (χ4n) is 7.22. The van der Waals surface area contributed by atoms with Gasteiger partial charge in [-0.2, -0.15) is 0 Å². The van der Waals surface area contributed by atoms with E-state index in [1.54, 1.807) is 0 Å². The number of hydrogen-bond acceptors (Lipinski definition) is 7. The summed E-state index contributed by atoms with van der Waals surface area (Å²) in [4.78, 5) is 37.4. The summed E-state index contributed by atoms with van der Waals surface area (Å²) < 4.78 is 22.8. The fourth-order valence-corrected chi connectivity index (χ4v) is 7.22. The number of likely N-dealkylation sites (N-methyl/N-ethyl adjacent to an activating group) is 1. The van der Waals surface area contributed by atoms with E-state index in [9.17, 15) is 19.5 Å². The minimum atomic E-state index is -1.54. The number of allylic oxidation sites excluding steroid dienone is 32. The molecule has 0 aliphatic heterocycles. The quantitative estimate of drug-likeness (QED) is 0.0211. The first-order chi connectivity index (χ1) is 39.6. The highest BCUT2D eigenvalue weighted by molar-refractivity contribution is 5.71. The number of rotatable bonds is 53. The lowest BCUT2D eigenvalue weighted by molar-refractivity contribution is -0.870. The van der Waals surface area contributed by atoms with Crippen molar-refractivity contribution in [2.75, 3.05) is 47.5 Å². The monoisotopic (exact) mass is 1120 g/mol. The van der Waals surface area contributed by atoms with Gasteiger partial charge in [0.05, 0.1) is 34.4 Å². The summed E-state index contributed by atoms with van der Waals surface area (Å²) in [6.45, 7) is 4.52. The topological polar surface area (TPSA) is 108 Å². The van der Waals surface area contributed by atoms with Gasteiger partial charge in [0.2, 0.25) is 0 Å². The Labute approximate surface area is 493 Å². The van der Waals surface area contributed by atoms with E-state index in [2.05, 4.69) is 208 Å².